The molecule has 5 rings (SSSR count). The number of nitrogens with zero attached hydrogens (tertiary/aromatic N) is 6. The van der Waals surface area contributed by atoms with E-state index in [2.05, 4.69) is 25.6 Å². The lowest BCUT2D eigenvalue weighted by molar-refractivity contribution is -0.660. The molecule has 1 aromatic carbocycles. The van der Waals surface area contributed by atoms with E-state index >= 15 is 0 Å². The van der Waals surface area contributed by atoms with Crippen molar-refractivity contribution in [3.8, 4) is 16.9 Å². The summed E-state index contributed by atoms with van der Waals surface area (Å²) in [6, 6.07) is 8.84. The molecule has 2 unspecified atom stereocenters. The number of aromatic nitrogens is 6. The molecule has 1 aliphatic rings. The van der Waals surface area contributed by atoms with Crippen LogP contribution < -0.4 is 16.2 Å². The van der Waals surface area contributed by atoms with Gasteiger partial charge in [0.15, 0.2) is 5.70 Å². The number of benzene rings is 1. The summed E-state index contributed by atoms with van der Waals surface area (Å²) in [7, 11) is 0. The smallest absolute Gasteiger partial charge is 0.382 e. The molecule has 1 aliphatic heterocycles. The number of quaternary nitrogens is 1. The Balaban J connectivity index is 1.59. The molecule has 4 heterocycles. The van der Waals surface area contributed by atoms with Gasteiger partial charge in [-0.15, -0.1) is 5.10 Å². The maximum atomic E-state index is 13.8. The quantitative estimate of drug-likeness (QED) is 0.175. The number of hydrogen-bond donors (Lipinski definition) is 4. The highest BCUT2D eigenvalue weighted by atomic mass is 35.5. The van der Waals surface area contributed by atoms with Gasteiger partial charge in [0.25, 0.3) is 5.56 Å². The molecular formula is C31H33ClF2N9O3+. The Labute approximate surface area is 267 Å². The first-order valence-electron chi connectivity index (χ1n) is 14.5. The van der Waals surface area contributed by atoms with E-state index in [1.165, 1.54) is 33.9 Å². The Morgan fingerprint density at radius 1 is 1.17 bits per heavy atom. The van der Waals surface area contributed by atoms with Crippen molar-refractivity contribution in [1.82, 2.24) is 34.8 Å². The Morgan fingerprint density at radius 2 is 1.96 bits per heavy atom. The highest BCUT2D eigenvalue weighted by Crippen LogP contribution is 2.30. The number of amides is 1. The zero-order chi connectivity index (χ0) is 33.2. The number of halogens is 3. The fourth-order valence-electron chi connectivity index (χ4n) is 5.25. The number of carbonyl (C=O) groups is 1. The monoisotopic (exact) mass is 652 g/mol. The minimum Gasteiger partial charge on any atom is -0.384 e. The van der Waals surface area contributed by atoms with Crippen LogP contribution in [-0.4, -0.2) is 53.3 Å². The number of rotatable bonds is 7. The van der Waals surface area contributed by atoms with Gasteiger partial charge in [-0.05, 0) is 57.0 Å². The number of alkyl halides is 2. The van der Waals surface area contributed by atoms with Gasteiger partial charge in [-0.3, -0.25) is 24.5 Å². The zero-order valence-corrected chi connectivity index (χ0v) is 26.0. The Hall–Kier alpha value is -4.66. The van der Waals surface area contributed by atoms with E-state index in [0.717, 1.165) is 6.21 Å². The molecule has 15 heteroatoms. The molecule has 2 atom stereocenters. The van der Waals surface area contributed by atoms with Crippen molar-refractivity contribution >= 4 is 29.4 Å². The van der Waals surface area contributed by atoms with E-state index in [-0.39, 0.29) is 11.4 Å². The lowest BCUT2D eigenvalue weighted by Crippen LogP contribution is -2.85. The predicted octanol–water partition coefficient (Wildman–Crippen LogP) is 3.40. The topological polar surface area (TPSA) is 168 Å². The minimum absolute atomic E-state index is 0.0244. The number of nitrogens with one attached hydrogen (secondary N) is 2. The summed E-state index contributed by atoms with van der Waals surface area (Å²) in [4.78, 5) is 35.7. The van der Waals surface area contributed by atoms with Crippen molar-refractivity contribution in [3.05, 3.63) is 93.1 Å². The summed E-state index contributed by atoms with van der Waals surface area (Å²) >= 11 is 6.34. The molecule has 5 N–H and O–H groups in total. The number of pyridine rings is 1. The molecule has 0 radical (unpaired) electrons. The van der Waals surface area contributed by atoms with Crippen molar-refractivity contribution < 1.29 is 24.0 Å². The molecule has 240 valence electrons. The maximum absolute atomic E-state index is 13.8. The fourth-order valence-corrected chi connectivity index (χ4v) is 5.42. The molecule has 0 aliphatic carbocycles. The third-order valence-electron chi connectivity index (χ3n) is 7.75. The molecule has 0 fully saturated rings. The second-order valence-corrected chi connectivity index (χ2v) is 12.0. The Bertz CT molecular complexity index is 1870. The van der Waals surface area contributed by atoms with Crippen LogP contribution in [0.3, 0.4) is 0 Å². The van der Waals surface area contributed by atoms with Gasteiger partial charge in [-0.2, -0.15) is 8.78 Å². The fraction of sp³-hybridized carbons (Fsp3) is 0.323. The first kappa shape index (κ1) is 32.7. The molecular weight excluding hydrogens is 620 g/mol. The van der Waals surface area contributed by atoms with Crippen molar-refractivity contribution in [3.63, 3.8) is 0 Å². The third-order valence-corrected chi connectivity index (χ3v) is 7.99. The summed E-state index contributed by atoms with van der Waals surface area (Å²) in [6.45, 7) is 2.05. The zero-order valence-electron chi connectivity index (χ0n) is 25.3. The van der Waals surface area contributed by atoms with Crippen LogP contribution in [0.25, 0.3) is 22.6 Å². The molecule has 46 heavy (non-hydrogen) atoms. The van der Waals surface area contributed by atoms with Crippen LogP contribution in [0.1, 0.15) is 63.0 Å². The molecule has 4 aromatic rings. The van der Waals surface area contributed by atoms with Gasteiger partial charge in [-0.25, -0.2) is 9.67 Å². The summed E-state index contributed by atoms with van der Waals surface area (Å²) < 4.78 is 30.2. The first-order valence-corrected chi connectivity index (χ1v) is 14.9. The number of nitrogens with two attached hydrogens (primary N) is 1. The SMILES string of the molecule is CC1CCCC(n2cnc(-c3cc(Cl)ccc3-n3cc(C(C)(C)O)nn3)cc2=O)c2cc(ccn2)C([NH2+]C(F)F)=C(C=N)NC1=O. The van der Waals surface area contributed by atoms with Crippen LogP contribution >= 0.6 is 11.6 Å². The van der Waals surface area contributed by atoms with Gasteiger partial charge in [0.1, 0.15) is 17.0 Å². The lowest BCUT2D eigenvalue weighted by atomic mass is 9.96. The average Bonchev–Trinajstić information content (AvgIpc) is 3.52. The van der Waals surface area contributed by atoms with Crippen molar-refractivity contribution in [2.45, 2.75) is 58.2 Å². The predicted molar refractivity (Wildman–Crippen MR) is 166 cm³/mol. The van der Waals surface area contributed by atoms with Gasteiger partial charge in [0, 0.05) is 40.5 Å². The molecule has 12 nitrogen and oxygen atoms in total. The minimum atomic E-state index is -2.85. The molecule has 0 saturated carbocycles. The normalized spacial score (nSPS) is 17.8. The van der Waals surface area contributed by atoms with Gasteiger partial charge < -0.3 is 15.8 Å². The first-order chi connectivity index (χ1) is 21.8. The molecule has 3 aromatic heterocycles. The number of allylic oxidation sites excluding steroid dienone is 1. The van der Waals surface area contributed by atoms with Crippen LogP contribution in [-0.2, 0) is 10.4 Å². The van der Waals surface area contributed by atoms with Gasteiger partial charge in [0.2, 0.25) is 5.91 Å². The second-order valence-electron chi connectivity index (χ2n) is 11.6. The van der Waals surface area contributed by atoms with Crippen LogP contribution in [0.15, 0.2) is 65.6 Å². The number of aliphatic hydroxyl groups is 1. The Morgan fingerprint density at radius 3 is 2.63 bits per heavy atom. The van der Waals surface area contributed by atoms with E-state index < -0.39 is 35.6 Å². The van der Waals surface area contributed by atoms with Crippen LogP contribution in [0.4, 0.5) is 8.78 Å². The van der Waals surface area contributed by atoms with Crippen molar-refractivity contribution in [2.24, 2.45) is 5.92 Å². The lowest BCUT2D eigenvalue weighted by Gasteiger charge is -2.22. The Kier molecular flexibility index (Phi) is 9.51. The van der Waals surface area contributed by atoms with Gasteiger partial charge >= 0.3 is 6.55 Å². The van der Waals surface area contributed by atoms with Crippen LogP contribution in [0, 0.1) is 11.3 Å². The number of fused-ring (bicyclic) bond motifs is 2. The van der Waals surface area contributed by atoms with Crippen molar-refractivity contribution in [1.29, 1.82) is 5.41 Å². The average molecular weight is 653 g/mol. The van der Waals surface area contributed by atoms with Crippen LogP contribution in [0.5, 0.6) is 0 Å². The molecule has 1 amide bonds. The summed E-state index contributed by atoms with van der Waals surface area (Å²) in [5.74, 6) is -0.881. The van der Waals surface area contributed by atoms with E-state index in [9.17, 15) is 23.5 Å². The second kappa shape index (κ2) is 13.4. The summed E-state index contributed by atoms with van der Waals surface area (Å²) in [6.07, 6.45) is 6.65. The standard InChI is InChI=1S/C31H32ClF2N9O3/c1-17-5-4-6-25(22-11-18(9-10-36-22)28(39-30(33)34)23(14-35)38-29(17)45)42-16-37-21(13-27(42)44)20-12-19(32)7-8-24(20)43-15-26(40-41-43)31(2,3)46/h7-17,25,30,35,39,46H,4-6H2,1-3H3,(H,38,45)/p+1. The van der Waals surface area contributed by atoms with E-state index in [0.29, 0.717) is 63.5 Å². The maximum Gasteiger partial charge on any atom is 0.382 e. The van der Waals surface area contributed by atoms with Gasteiger partial charge in [-0.1, -0.05) is 30.2 Å². The number of carbonyl (C=O) groups excluding carboxylic acids is 1. The highest BCUT2D eigenvalue weighted by molar-refractivity contribution is 6.31. The number of hydrogen-bond acceptors (Lipinski definition) is 8. The van der Waals surface area contributed by atoms with E-state index in [1.807, 2.05) is 0 Å². The largest absolute Gasteiger partial charge is 0.384 e. The van der Waals surface area contributed by atoms with E-state index in [1.54, 1.807) is 51.2 Å². The summed E-state index contributed by atoms with van der Waals surface area (Å²) in [5.41, 5.74) is 0.712. The molecule has 0 saturated heterocycles. The summed E-state index contributed by atoms with van der Waals surface area (Å²) in [5, 5.41) is 30.1. The van der Waals surface area contributed by atoms with Crippen molar-refractivity contribution in [2.75, 3.05) is 0 Å². The third kappa shape index (κ3) is 7.09. The van der Waals surface area contributed by atoms with Crippen LogP contribution in [0.2, 0.25) is 5.02 Å². The molecule has 2 bridgehead atoms. The highest BCUT2D eigenvalue weighted by Gasteiger charge is 2.26. The van der Waals surface area contributed by atoms with E-state index in [4.69, 9.17) is 17.0 Å². The van der Waals surface area contributed by atoms with Gasteiger partial charge in [0.05, 0.1) is 35.6 Å². The molecule has 0 spiro atoms.